The molecule has 0 aromatic heterocycles. The van der Waals surface area contributed by atoms with Gasteiger partial charge in [0.2, 0.25) is 0 Å². The second-order valence-electron chi connectivity index (χ2n) is 5.03. The molecule has 0 spiro atoms. The number of piperidine rings is 1. The summed E-state index contributed by atoms with van der Waals surface area (Å²) in [6.07, 6.45) is 8.77. The Hall–Kier alpha value is -0.280. The largest absolute Gasteiger partial charge is 0.480 e. The molecular weight excluding hydrogens is 226 g/mol. The number of rotatable bonds is 2. The zero-order chi connectivity index (χ0) is 10.7. The minimum Gasteiger partial charge on any atom is -0.480 e. The first kappa shape index (κ1) is 13.8. The van der Waals surface area contributed by atoms with Crippen LogP contribution in [0.2, 0.25) is 0 Å². The number of halogens is 1. The Morgan fingerprint density at radius 2 is 1.75 bits per heavy atom. The molecule has 3 nitrogen and oxygen atoms in total. The van der Waals surface area contributed by atoms with Crippen LogP contribution in [0, 0.1) is 11.8 Å². The molecular formula is C12H22ClNO2. The van der Waals surface area contributed by atoms with Crippen LogP contribution < -0.4 is 5.32 Å². The van der Waals surface area contributed by atoms with Gasteiger partial charge in [0.25, 0.3) is 0 Å². The van der Waals surface area contributed by atoms with E-state index in [2.05, 4.69) is 5.32 Å². The summed E-state index contributed by atoms with van der Waals surface area (Å²) in [4.78, 5) is 10.9. The van der Waals surface area contributed by atoms with Gasteiger partial charge in [0.05, 0.1) is 0 Å². The van der Waals surface area contributed by atoms with E-state index in [1.165, 1.54) is 38.5 Å². The van der Waals surface area contributed by atoms with Gasteiger partial charge in [-0.2, -0.15) is 0 Å². The lowest BCUT2D eigenvalue weighted by atomic mass is 9.74. The standard InChI is InChI=1S/C12H21NO2.ClH/c14-12(15)11-8-10(6-7-13-11)9-4-2-1-3-5-9;/h9-11,13H,1-8H2,(H,14,15);1H. The molecule has 2 N–H and O–H groups in total. The number of hydrogen-bond acceptors (Lipinski definition) is 2. The lowest BCUT2D eigenvalue weighted by Crippen LogP contribution is -2.45. The normalized spacial score (nSPS) is 31.8. The van der Waals surface area contributed by atoms with Crippen LogP contribution >= 0.6 is 12.4 Å². The zero-order valence-corrected chi connectivity index (χ0v) is 10.5. The number of carboxylic acids is 1. The van der Waals surface area contributed by atoms with E-state index in [4.69, 9.17) is 5.11 Å². The maximum Gasteiger partial charge on any atom is 0.320 e. The fourth-order valence-corrected chi connectivity index (χ4v) is 3.17. The quantitative estimate of drug-likeness (QED) is 0.788. The highest BCUT2D eigenvalue weighted by Crippen LogP contribution is 2.35. The monoisotopic (exact) mass is 247 g/mol. The van der Waals surface area contributed by atoms with Gasteiger partial charge in [0.1, 0.15) is 6.04 Å². The third kappa shape index (κ3) is 3.36. The van der Waals surface area contributed by atoms with Crippen molar-refractivity contribution in [3.05, 3.63) is 0 Å². The number of carbonyl (C=O) groups is 1. The molecule has 1 aliphatic heterocycles. The van der Waals surface area contributed by atoms with Gasteiger partial charge in [-0.25, -0.2) is 0 Å². The first-order valence-corrected chi connectivity index (χ1v) is 6.23. The Bertz CT molecular complexity index is 229. The maximum absolute atomic E-state index is 10.9. The van der Waals surface area contributed by atoms with Crippen LogP contribution in [0.15, 0.2) is 0 Å². The Morgan fingerprint density at radius 1 is 1.06 bits per heavy atom. The highest BCUT2D eigenvalue weighted by molar-refractivity contribution is 5.85. The van der Waals surface area contributed by atoms with Crippen molar-refractivity contribution in [3.63, 3.8) is 0 Å². The molecule has 1 saturated carbocycles. The van der Waals surface area contributed by atoms with Crippen molar-refractivity contribution >= 4 is 18.4 Å². The number of hydrogen-bond donors (Lipinski definition) is 2. The molecule has 0 radical (unpaired) electrons. The smallest absolute Gasteiger partial charge is 0.320 e. The summed E-state index contributed by atoms with van der Waals surface area (Å²) in [6, 6.07) is -0.286. The van der Waals surface area contributed by atoms with Crippen molar-refractivity contribution in [2.75, 3.05) is 6.54 Å². The van der Waals surface area contributed by atoms with Gasteiger partial charge in [-0.3, -0.25) is 4.79 Å². The van der Waals surface area contributed by atoms with Gasteiger partial charge in [-0.1, -0.05) is 32.1 Å². The Labute approximate surface area is 103 Å². The predicted molar refractivity (Wildman–Crippen MR) is 66.0 cm³/mol. The average Bonchev–Trinajstić information content (AvgIpc) is 2.30. The van der Waals surface area contributed by atoms with E-state index in [0.717, 1.165) is 18.9 Å². The Kier molecular flexibility index (Phi) is 5.56. The van der Waals surface area contributed by atoms with Gasteiger partial charge in [0, 0.05) is 0 Å². The number of nitrogens with one attached hydrogen (secondary N) is 1. The minimum atomic E-state index is -0.671. The molecule has 0 amide bonds. The first-order chi connectivity index (χ1) is 7.27. The van der Waals surface area contributed by atoms with Gasteiger partial charge in [0.15, 0.2) is 0 Å². The third-order valence-corrected chi connectivity index (χ3v) is 4.06. The molecule has 0 aromatic carbocycles. The van der Waals surface area contributed by atoms with Crippen LogP contribution in [-0.4, -0.2) is 23.7 Å². The summed E-state index contributed by atoms with van der Waals surface area (Å²) >= 11 is 0. The van der Waals surface area contributed by atoms with Crippen LogP contribution in [-0.2, 0) is 4.79 Å². The van der Waals surface area contributed by atoms with Crippen LogP contribution in [0.5, 0.6) is 0 Å². The summed E-state index contributed by atoms with van der Waals surface area (Å²) in [5, 5.41) is 12.1. The summed E-state index contributed by atoms with van der Waals surface area (Å²) in [5.41, 5.74) is 0. The average molecular weight is 248 g/mol. The van der Waals surface area contributed by atoms with Gasteiger partial charge >= 0.3 is 5.97 Å². The predicted octanol–water partition coefficient (Wildman–Crippen LogP) is 2.44. The summed E-state index contributed by atoms with van der Waals surface area (Å²) in [6.45, 7) is 0.887. The van der Waals surface area contributed by atoms with Crippen LogP contribution in [0.4, 0.5) is 0 Å². The summed E-state index contributed by atoms with van der Waals surface area (Å²) in [7, 11) is 0. The molecule has 1 aliphatic carbocycles. The highest BCUT2D eigenvalue weighted by atomic mass is 35.5. The topological polar surface area (TPSA) is 49.3 Å². The van der Waals surface area contributed by atoms with E-state index in [0.29, 0.717) is 5.92 Å². The first-order valence-electron chi connectivity index (χ1n) is 6.23. The van der Waals surface area contributed by atoms with E-state index < -0.39 is 5.97 Å². The van der Waals surface area contributed by atoms with Crippen LogP contribution in [0.3, 0.4) is 0 Å². The number of aliphatic carboxylic acids is 1. The van der Waals surface area contributed by atoms with Crippen molar-refractivity contribution in [1.82, 2.24) is 5.32 Å². The van der Waals surface area contributed by atoms with Crippen LogP contribution in [0.25, 0.3) is 0 Å². The Balaban J connectivity index is 0.00000128. The second-order valence-corrected chi connectivity index (χ2v) is 5.03. The third-order valence-electron chi connectivity index (χ3n) is 4.06. The SMILES string of the molecule is Cl.O=C(O)C1CC(C2CCCCC2)CCN1. The van der Waals surface area contributed by atoms with Gasteiger partial charge < -0.3 is 10.4 Å². The maximum atomic E-state index is 10.9. The molecule has 2 unspecified atom stereocenters. The van der Waals surface area contributed by atoms with Crippen molar-refractivity contribution in [2.45, 2.75) is 51.0 Å². The summed E-state index contributed by atoms with van der Waals surface area (Å²) < 4.78 is 0. The van der Waals surface area contributed by atoms with Gasteiger partial charge in [-0.15, -0.1) is 12.4 Å². The Morgan fingerprint density at radius 3 is 2.38 bits per heavy atom. The van der Waals surface area contributed by atoms with E-state index in [-0.39, 0.29) is 18.4 Å². The van der Waals surface area contributed by atoms with E-state index >= 15 is 0 Å². The van der Waals surface area contributed by atoms with Gasteiger partial charge in [-0.05, 0) is 31.2 Å². The fourth-order valence-electron chi connectivity index (χ4n) is 3.17. The molecule has 1 heterocycles. The summed E-state index contributed by atoms with van der Waals surface area (Å²) in [5.74, 6) is 0.797. The number of carboxylic acid groups (broad SMARTS) is 1. The van der Waals surface area contributed by atoms with Crippen molar-refractivity contribution in [3.8, 4) is 0 Å². The molecule has 4 heteroatoms. The molecule has 2 atom stereocenters. The fraction of sp³-hybridized carbons (Fsp3) is 0.917. The van der Waals surface area contributed by atoms with E-state index in [1.807, 2.05) is 0 Å². The molecule has 2 aliphatic rings. The van der Waals surface area contributed by atoms with Crippen molar-refractivity contribution in [1.29, 1.82) is 0 Å². The van der Waals surface area contributed by atoms with E-state index in [1.54, 1.807) is 0 Å². The molecule has 2 rings (SSSR count). The zero-order valence-electron chi connectivity index (χ0n) is 9.65. The molecule has 0 bridgehead atoms. The molecule has 0 aromatic rings. The molecule has 16 heavy (non-hydrogen) atoms. The second kappa shape index (κ2) is 6.45. The molecule has 2 fully saturated rings. The van der Waals surface area contributed by atoms with Crippen molar-refractivity contribution < 1.29 is 9.90 Å². The lowest BCUT2D eigenvalue weighted by Gasteiger charge is -2.35. The van der Waals surface area contributed by atoms with E-state index in [9.17, 15) is 4.79 Å². The molecule has 94 valence electrons. The minimum absolute atomic E-state index is 0. The molecule has 1 saturated heterocycles. The van der Waals surface area contributed by atoms with Crippen molar-refractivity contribution in [2.24, 2.45) is 11.8 Å². The van der Waals surface area contributed by atoms with Crippen LogP contribution in [0.1, 0.15) is 44.9 Å². The highest BCUT2D eigenvalue weighted by Gasteiger charge is 2.31. The lowest BCUT2D eigenvalue weighted by molar-refractivity contribution is -0.140.